The van der Waals surface area contributed by atoms with Crippen LogP contribution in [0.3, 0.4) is 0 Å². The molecule has 2 N–H and O–H groups in total. The fourth-order valence-electron chi connectivity index (χ4n) is 3.39. The van der Waals surface area contributed by atoms with Crippen LogP contribution in [0.2, 0.25) is 5.02 Å². The molecule has 1 aliphatic carbocycles. The second-order valence-corrected chi connectivity index (χ2v) is 8.44. The summed E-state index contributed by atoms with van der Waals surface area (Å²) in [5, 5.41) is 1.69. The molecule has 7 heteroatoms. The van der Waals surface area contributed by atoms with Crippen LogP contribution in [0.1, 0.15) is 17.7 Å². The van der Waals surface area contributed by atoms with Crippen molar-refractivity contribution in [1.29, 1.82) is 0 Å². The van der Waals surface area contributed by atoms with E-state index in [0.29, 0.717) is 17.9 Å². The van der Waals surface area contributed by atoms with Crippen molar-refractivity contribution in [2.75, 3.05) is 0 Å². The van der Waals surface area contributed by atoms with Crippen molar-refractivity contribution in [3.05, 3.63) is 64.6 Å². The largest absolute Gasteiger partial charge is 0.358 e. The van der Waals surface area contributed by atoms with E-state index in [1.807, 2.05) is 18.2 Å². The van der Waals surface area contributed by atoms with Crippen molar-refractivity contribution in [2.24, 2.45) is 0 Å². The quantitative estimate of drug-likeness (QED) is 0.728. The molecule has 2 aromatic carbocycles. The number of hydrogen-bond acceptors (Lipinski definition) is 2. The summed E-state index contributed by atoms with van der Waals surface area (Å²) in [6.07, 6.45) is 2.06. The third-order valence-corrected chi connectivity index (χ3v) is 6.37. The van der Waals surface area contributed by atoms with Crippen LogP contribution in [-0.2, 0) is 22.9 Å². The van der Waals surface area contributed by atoms with Crippen LogP contribution in [0.5, 0.6) is 0 Å². The van der Waals surface area contributed by atoms with Gasteiger partial charge in [-0.3, -0.25) is 0 Å². The molecule has 0 fully saturated rings. The number of aryl methyl sites for hydroxylation is 1. The molecule has 0 saturated carbocycles. The molecule has 25 heavy (non-hydrogen) atoms. The molecular formula is C18H16ClFN2O2S. The normalized spacial score (nSPS) is 17.6. The smallest absolute Gasteiger partial charge is 0.240 e. The molecule has 0 amide bonds. The van der Waals surface area contributed by atoms with Crippen molar-refractivity contribution in [1.82, 2.24) is 9.71 Å². The average molecular weight is 379 g/mol. The van der Waals surface area contributed by atoms with Gasteiger partial charge in [0.1, 0.15) is 5.82 Å². The molecule has 4 nitrogen and oxygen atoms in total. The number of benzene rings is 2. The van der Waals surface area contributed by atoms with E-state index in [-0.39, 0.29) is 10.9 Å². The van der Waals surface area contributed by atoms with Gasteiger partial charge in [0.15, 0.2) is 0 Å². The van der Waals surface area contributed by atoms with E-state index < -0.39 is 15.8 Å². The van der Waals surface area contributed by atoms with Crippen LogP contribution >= 0.6 is 11.6 Å². The first kappa shape index (κ1) is 16.6. The number of fused-ring (bicyclic) bond motifs is 3. The van der Waals surface area contributed by atoms with E-state index in [0.717, 1.165) is 40.7 Å². The van der Waals surface area contributed by atoms with E-state index in [4.69, 9.17) is 11.6 Å². The summed E-state index contributed by atoms with van der Waals surface area (Å²) in [6, 6.07) is 10.3. The van der Waals surface area contributed by atoms with E-state index >= 15 is 0 Å². The molecule has 1 aliphatic rings. The zero-order valence-electron chi connectivity index (χ0n) is 13.2. The van der Waals surface area contributed by atoms with E-state index in [2.05, 4.69) is 9.71 Å². The zero-order valence-corrected chi connectivity index (χ0v) is 14.8. The second kappa shape index (κ2) is 6.12. The molecule has 1 heterocycles. The Morgan fingerprint density at radius 1 is 1.16 bits per heavy atom. The summed E-state index contributed by atoms with van der Waals surface area (Å²) >= 11 is 6.10. The molecule has 0 spiro atoms. The number of aromatic amines is 1. The number of hydrogen-bond donors (Lipinski definition) is 2. The lowest BCUT2D eigenvalue weighted by Crippen LogP contribution is -2.38. The van der Waals surface area contributed by atoms with Crippen LogP contribution < -0.4 is 4.72 Å². The molecule has 4 rings (SSSR count). The van der Waals surface area contributed by atoms with Crippen molar-refractivity contribution >= 4 is 32.5 Å². The summed E-state index contributed by atoms with van der Waals surface area (Å²) in [6.45, 7) is 0. The monoisotopic (exact) mass is 378 g/mol. The van der Waals surface area contributed by atoms with Gasteiger partial charge >= 0.3 is 0 Å². The van der Waals surface area contributed by atoms with Crippen molar-refractivity contribution in [2.45, 2.75) is 30.2 Å². The van der Waals surface area contributed by atoms with Crippen LogP contribution in [0, 0.1) is 5.82 Å². The van der Waals surface area contributed by atoms with Gasteiger partial charge in [-0.1, -0.05) is 11.6 Å². The highest BCUT2D eigenvalue weighted by atomic mass is 35.5. The molecule has 1 atom stereocenters. The third-order valence-electron chi connectivity index (χ3n) is 4.60. The van der Waals surface area contributed by atoms with Crippen LogP contribution in [-0.4, -0.2) is 19.4 Å². The lowest BCUT2D eigenvalue weighted by Gasteiger charge is -2.23. The maximum Gasteiger partial charge on any atom is 0.240 e. The molecule has 0 radical (unpaired) electrons. The van der Waals surface area contributed by atoms with Crippen LogP contribution in [0.4, 0.5) is 4.39 Å². The molecule has 3 aromatic rings. The minimum absolute atomic E-state index is 0.0710. The van der Waals surface area contributed by atoms with E-state index in [1.54, 1.807) is 0 Å². The zero-order chi connectivity index (χ0) is 17.6. The van der Waals surface area contributed by atoms with Crippen LogP contribution in [0.25, 0.3) is 10.9 Å². The number of rotatable bonds is 3. The molecule has 1 aromatic heterocycles. The fourth-order valence-corrected chi connectivity index (χ4v) is 4.83. The van der Waals surface area contributed by atoms with E-state index in [9.17, 15) is 12.8 Å². The Kier molecular flexibility index (Phi) is 4.06. The van der Waals surface area contributed by atoms with Gasteiger partial charge in [0.05, 0.1) is 4.90 Å². The maximum absolute atomic E-state index is 13.0. The number of sulfonamides is 1. The summed E-state index contributed by atoms with van der Waals surface area (Å²) in [5.74, 6) is -0.461. The topological polar surface area (TPSA) is 62.0 Å². The van der Waals surface area contributed by atoms with Gasteiger partial charge in [0, 0.05) is 27.7 Å². The maximum atomic E-state index is 13.0. The minimum atomic E-state index is -3.68. The number of nitrogens with one attached hydrogen (secondary N) is 2. The molecule has 0 saturated heterocycles. The van der Waals surface area contributed by atoms with Crippen molar-refractivity contribution in [3.63, 3.8) is 0 Å². The predicted molar refractivity (Wildman–Crippen MR) is 95.8 cm³/mol. The first-order chi connectivity index (χ1) is 11.9. The first-order valence-electron chi connectivity index (χ1n) is 7.99. The Bertz CT molecular complexity index is 1040. The Hall–Kier alpha value is -1.89. The average Bonchev–Trinajstić information content (AvgIpc) is 2.92. The van der Waals surface area contributed by atoms with Gasteiger partial charge in [-0.05, 0) is 67.3 Å². The van der Waals surface area contributed by atoms with Crippen molar-refractivity contribution in [3.8, 4) is 0 Å². The van der Waals surface area contributed by atoms with Gasteiger partial charge in [-0.15, -0.1) is 0 Å². The molecule has 130 valence electrons. The second-order valence-electron chi connectivity index (χ2n) is 6.29. The minimum Gasteiger partial charge on any atom is -0.358 e. The molecular weight excluding hydrogens is 363 g/mol. The summed E-state index contributed by atoms with van der Waals surface area (Å²) in [4.78, 5) is 3.46. The summed E-state index contributed by atoms with van der Waals surface area (Å²) in [7, 11) is -3.68. The Labute approximate surface area is 150 Å². The Morgan fingerprint density at radius 3 is 2.68 bits per heavy atom. The highest BCUT2D eigenvalue weighted by molar-refractivity contribution is 7.89. The standard InChI is InChI=1S/C18H16ClFN2O2S/c19-11-1-7-17-15(9-11)16-10-13(4-8-18(16)21-17)22-25(23,24)14-5-2-12(20)3-6-14/h1-3,5-7,9,13,21-22H,4,8,10H2. The van der Waals surface area contributed by atoms with E-state index in [1.165, 1.54) is 12.1 Å². The number of H-pyrrole nitrogens is 1. The van der Waals surface area contributed by atoms with Gasteiger partial charge in [0.2, 0.25) is 10.0 Å². The summed E-state index contributed by atoms with van der Waals surface area (Å²) < 4.78 is 40.8. The first-order valence-corrected chi connectivity index (χ1v) is 9.85. The lowest BCUT2D eigenvalue weighted by molar-refractivity contribution is 0.506. The lowest BCUT2D eigenvalue weighted by atomic mass is 9.92. The van der Waals surface area contributed by atoms with Crippen molar-refractivity contribution < 1.29 is 12.8 Å². The van der Waals surface area contributed by atoms with Gasteiger partial charge in [-0.2, -0.15) is 0 Å². The third kappa shape index (κ3) is 3.17. The Morgan fingerprint density at radius 2 is 1.92 bits per heavy atom. The number of aromatic nitrogens is 1. The predicted octanol–water partition coefficient (Wildman–Crippen LogP) is 3.80. The highest BCUT2D eigenvalue weighted by Crippen LogP contribution is 2.31. The van der Waals surface area contributed by atoms with Crippen LogP contribution in [0.15, 0.2) is 47.4 Å². The fraction of sp³-hybridized carbons (Fsp3) is 0.222. The van der Waals surface area contributed by atoms with Gasteiger partial charge in [0.25, 0.3) is 0 Å². The molecule has 0 aliphatic heterocycles. The summed E-state index contributed by atoms with van der Waals surface area (Å²) in [5.41, 5.74) is 3.25. The number of halogens is 2. The van der Waals surface area contributed by atoms with Gasteiger partial charge in [-0.25, -0.2) is 17.5 Å². The van der Waals surface area contributed by atoms with Gasteiger partial charge < -0.3 is 4.98 Å². The Balaban J connectivity index is 1.61. The highest BCUT2D eigenvalue weighted by Gasteiger charge is 2.26. The SMILES string of the molecule is O=S(=O)(NC1CCc2[nH]c3ccc(Cl)cc3c2C1)c1ccc(F)cc1. The molecule has 1 unspecified atom stereocenters. The molecule has 0 bridgehead atoms.